The molecule has 2 atom stereocenters. The molecule has 0 bridgehead atoms. The predicted octanol–water partition coefficient (Wildman–Crippen LogP) is 1.27. The van der Waals surface area contributed by atoms with Crippen LogP contribution in [0.2, 0.25) is 0 Å². The Morgan fingerprint density at radius 2 is 1.93 bits per heavy atom. The molecule has 3 aliphatic rings. The molecular weight excluding hydrogens is 358 g/mol. The first-order chi connectivity index (χ1) is 13.7. The number of likely N-dealkylation sites (tertiary alicyclic amines) is 1. The van der Waals surface area contributed by atoms with E-state index in [1.54, 1.807) is 6.07 Å². The number of carbonyl (C=O) groups is 1. The second-order valence-electron chi connectivity index (χ2n) is 8.14. The number of piperidine rings is 1. The summed E-state index contributed by atoms with van der Waals surface area (Å²) < 4.78 is 10.8. The fourth-order valence-corrected chi connectivity index (χ4v) is 4.69. The molecule has 0 saturated carbocycles. The van der Waals surface area contributed by atoms with Crippen LogP contribution in [0.15, 0.2) is 18.2 Å². The molecule has 1 N–H and O–H groups in total. The zero-order chi connectivity index (χ0) is 19.5. The van der Waals surface area contributed by atoms with Gasteiger partial charge in [0.1, 0.15) is 0 Å². The Morgan fingerprint density at radius 1 is 1.14 bits per heavy atom. The Kier molecular flexibility index (Phi) is 6.04. The summed E-state index contributed by atoms with van der Waals surface area (Å²) in [5.74, 6) is 1.81. The van der Waals surface area contributed by atoms with Crippen LogP contribution < -0.4 is 9.47 Å². The Hall–Kier alpha value is -1.83. The number of aliphatic hydroxyl groups excluding tert-OH is 1. The lowest BCUT2D eigenvalue weighted by atomic mass is 9.86. The maximum absolute atomic E-state index is 13.1. The largest absolute Gasteiger partial charge is 0.454 e. The van der Waals surface area contributed by atoms with Gasteiger partial charge in [-0.3, -0.25) is 9.69 Å². The molecule has 3 aliphatic heterocycles. The van der Waals surface area contributed by atoms with Gasteiger partial charge in [0.25, 0.3) is 5.91 Å². The van der Waals surface area contributed by atoms with E-state index in [9.17, 15) is 9.90 Å². The minimum atomic E-state index is 0.0594. The van der Waals surface area contributed by atoms with E-state index in [0.717, 1.165) is 58.5 Å². The number of likely N-dealkylation sites (N-methyl/N-ethyl adjacent to an activating group) is 1. The van der Waals surface area contributed by atoms with Crippen molar-refractivity contribution in [3.63, 3.8) is 0 Å². The number of nitrogens with zero attached hydrogens (tertiary/aromatic N) is 3. The number of benzene rings is 1. The molecule has 3 heterocycles. The average Bonchev–Trinajstić information content (AvgIpc) is 3.20. The molecule has 1 amide bonds. The topological polar surface area (TPSA) is 65.5 Å². The number of hydrogen-bond donors (Lipinski definition) is 1. The van der Waals surface area contributed by atoms with Gasteiger partial charge >= 0.3 is 0 Å². The molecule has 7 nitrogen and oxygen atoms in total. The maximum atomic E-state index is 13.1. The molecule has 0 aliphatic carbocycles. The number of ether oxygens (including phenoxy) is 2. The van der Waals surface area contributed by atoms with Gasteiger partial charge in [-0.1, -0.05) is 0 Å². The van der Waals surface area contributed by atoms with Crippen molar-refractivity contribution in [2.75, 3.05) is 59.7 Å². The summed E-state index contributed by atoms with van der Waals surface area (Å²) in [6.07, 6.45) is 2.75. The smallest absolute Gasteiger partial charge is 0.254 e. The van der Waals surface area contributed by atoms with Crippen LogP contribution in [0, 0.1) is 5.92 Å². The zero-order valence-electron chi connectivity index (χ0n) is 16.7. The van der Waals surface area contributed by atoms with Crippen molar-refractivity contribution in [2.24, 2.45) is 5.92 Å². The van der Waals surface area contributed by atoms with E-state index in [1.165, 1.54) is 0 Å². The van der Waals surface area contributed by atoms with Crippen molar-refractivity contribution in [3.8, 4) is 11.5 Å². The Bertz CT molecular complexity index is 690. The number of amides is 1. The summed E-state index contributed by atoms with van der Waals surface area (Å²) in [5, 5.41) is 9.34. The van der Waals surface area contributed by atoms with Crippen molar-refractivity contribution < 1.29 is 19.4 Å². The Balaban J connectivity index is 1.44. The van der Waals surface area contributed by atoms with Crippen LogP contribution in [0.5, 0.6) is 11.5 Å². The molecule has 154 valence electrons. The third-order valence-corrected chi connectivity index (χ3v) is 6.34. The average molecular weight is 389 g/mol. The fraction of sp³-hybridized carbons (Fsp3) is 0.667. The number of aliphatic hydroxyl groups is 1. The second kappa shape index (κ2) is 8.68. The van der Waals surface area contributed by atoms with Gasteiger partial charge in [0, 0.05) is 57.5 Å². The van der Waals surface area contributed by atoms with Gasteiger partial charge in [-0.25, -0.2) is 0 Å². The summed E-state index contributed by atoms with van der Waals surface area (Å²) in [7, 11) is 2.17. The third-order valence-electron chi connectivity index (χ3n) is 6.34. The van der Waals surface area contributed by atoms with Gasteiger partial charge in [-0.05, 0) is 50.4 Å². The lowest BCUT2D eigenvalue weighted by Gasteiger charge is -2.46. The van der Waals surface area contributed by atoms with Gasteiger partial charge in [-0.2, -0.15) is 0 Å². The highest BCUT2D eigenvalue weighted by molar-refractivity contribution is 5.95. The highest BCUT2D eigenvalue weighted by Gasteiger charge is 2.36. The van der Waals surface area contributed by atoms with E-state index in [-0.39, 0.29) is 19.3 Å². The van der Waals surface area contributed by atoms with Crippen LogP contribution in [-0.4, -0.2) is 91.5 Å². The SMILES string of the molecule is CN1CCN([C@@H]2CCN(C(=O)c3ccc4c(c3)OCO4)C[C@@H]2CCCO)CC1. The third kappa shape index (κ3) is 4.11. The number of fused-ring (bicyclic) bond motifs is 1. The highest BCUT2D eigenvalue weighted by Crippen LogP contribution is 2.34. The number of hydrogen-bond acceptors (Lipinski definition) is 6. The number of piperazine rings is 1. The second-order valence-corrected chi connectivity index (χ2v) is 8.14. The van der Waals surface area contributed by atoms with Crippen molar-refractivity contribution in [1.29, 1.82) is 0 Å². The summed E-state index contributed by atoms with van der Waals surface area (Å²) in [5.41, 5.74) is 0.656. The summed E-state index contributed by atoms with van der Waals surface area (Å²) in [4.78, 5) is 20.1. The van der Waals surface area contributed by atoms with E-state index in [4.69, 9.17) is 9.47 Å². The van der Waals surface area contributed by atoms with Crippen molar-refractivity contribution in [2.45, 2.75) is 25.3 Å². The van der Waals surface area contributed by atoms with E-state index >= 15 is 0 Å². The van der Waals surface area contributed by atoms with Crippen molar-refractivity contribution in [3.05, 3.63) is 23.8 Å². The molecule has 0 unspecified atom stereocenters. The molecule has 1 aromatic carbocycles. The maximum Gasteiger partial charge on any atom is 0.254 e. The first kappa shape index (κ1) is 19.5. The minimum absolute atomic E-state index is 0.0594. The van der Waals surface area contributed by atoms with E-state index in [2.05, 4.69) is 16.8 Å². The molecule has 1 aromatic rings. The van der Waals surface area contributed by atoms with Crippen LogP contribution >= 0.6 is 0 Å². The van der Waals surface area contributed by atoms with Gasteiger partial charge in [0.05, 0.1) is 0 Å². The molecule has 0 aromatic heterocycles. The lowest BCUT2D eigenvalue weighted by Crippen LogP contribution is -2.56. The van der Waals surface area contributed by atoms with Crippen LogP contribution in [0.4, 0.5) is 0 Å². The first-order valence-corrected chi connectivity index (χ1v) is 10.4. The molecule has 0 radical (unpaired) electrons. The number of carbonyl (C=O) groups excluding carboxylic acids is 1. The van der Waals surface area contributed by atoms with Crippen LogP contribution in [0.1, 0.15) is 29.6 Å². The van der Waals surface area contributed by atoms with Crippen LogP contribution in [-0.2, 0) is 0 Å². The summed E-state index contributed by atoms with van der Waals surface area (Å²) >= 11 is 0. The first-order valence-electron chi connectivity index (χ1n) is 10.4. The molecule has 28 heavy (non-hydrogen) atoms. The van der Waals surface area contributed by atoms with E-state index in [1.807, 2.05) is 17.0 Å². The van der Waals surface area contributed by atoms with Gasteiger partial charge in [0.2, 0.25) is 6.79 Å². The monoisotopic (exact) mass is 389 g/mol. The minimum Gasteiger partial charge on any atom is -0.454 e. The summed E-state index contributed by atoms with van der Waals surface area (Å²) in [6, 6.07) is 5.93. The van der Waals surface area contributed by atoms with E-state index in [0.29, 0.717) is 29.0 Å². The Morgan fingerprint density at radius 3 is 2.71 bits per heavy atom. The molecule has 7 heteroatoms. The van der Waals surface area contributed by atoms with E-state index < -0.39 is 0 Å². The molecule has 4 rings (SSSR count). The molecule has 2 saturated heterocycles. The van der Waals surface area contributed by atoms with Crippen LogP contribution in [0.3, 0.4) is 0 Å². The predicted molar refractivity (Wildman–Crippen MR) is 106 cm³/mol. The van der Waals surface area contributed by atoms with Gasteiger partial charge < -0.3 is 24.4 Å². The molecular formula is C21H31N3O4. The zero-order valence-corrected chi connectivity index (χ0v) is 16.7. The summed E-state index contributed by atoms with van der Waals surface area (Å²) in [6.45, 7) is 6.34. The lowest BCUT2D eigenvalue weighted by molar-refractivity contribution is 0.0217. The number of rotatable bonds is 5. The van der Waals surface area contributed by atoms with Crippen molar-refractivity contribution in [1.82, 2.24) is 14.7 Å². The highest BCUT2D eigenvalue weighted by atomic mass is 16.7. The quantitative estimate of drug-likeness (QED) is 0.818. The Labute approximate surface area is 166 Å². The van der Waals surface area contributed by atoms with Crippen LogP contribution in [0.25, 0.3) is 0 Å². The van der Waals surface area contributed by atoms with Gasteiger partial charge in [0.15, 0.2) is 11.5 Å². The molecule has 2 fully saturated rings. The normalized spacial score (nSPS) is 25.9. The van der Waals surface area contributed by atoms with Crippen molar-refractivity contribution >= 4 is 5.91 Å². The van der Waals surface area contributed by atoms with Gasteiger partial charge in [-0.15, -0.1) is 0 Å². The fourth-order valence-electron chi connectivity index (χ4n) is 4.69. The standard InChI is InChI=1S/C21H31N3O4/c1-22-8-10-23(11-9-22)18-6-7-24(14-17(18)3-2-12-25)21(26)16-4-5-19-20(13-16)28-15-27-19/h4-5,13,17-18,25H,2-3,6-12,14-15H2,1H3/t17-,18+/m0/s1. The molecule has 0 spiro atoms.